The van der Waals surface area contributed by atoms with Crippen LogP contribution in [0.2, 0.25) is 0 Å². The molecule has 2 aliphatic carbocycles. The number of halogens is 8. The Labute approximate surface area is 214 Å². The summed E-state index contributed by atoms with van der Waals surface area (Å²) in [5.41, 5.74) is 2.74. The Morgan fingerprint density at radius 1 is 1.24 bits per heavy atom. The number of nitrogens with one attached hydrogen (secondary N) is 2. The second-order valence-corrected chi connectivity index (χ2v) is 9.77. The van der Waals surface area contributed by atoms with Gasteiger partial charge in [-0.15, -0.1) is 0 Å². The molecule has 3 unspecified atom stereocenters. The number of nitrogens with two attached hydrogens (primary N) is 2. The molecule has 0 radical (unpaired) electrons. The average Bonchev–Trinajstić information content (AvgIpc) is 3.52. The van der Waals surface area contributed by atoms with E-state index in [1.165, 1.54) is 12.3 Å². The summed E-state index contributed by atoms with van der Waals surface area (Å²) >= 11 is 3.26. The van der Waals surface area contributed by atoms with Crippen molar-refractivity contribution in [2.24, 2.45) is 11.8 Å². The number of nitrogen functional groups attached to an aromatic ring is 1. The molecule has 1 saturated carbocycles. The Hall–Kier alpha value is -3.00. The van der Waals surface area contributed by atoms with E-state index in [0.29, 0.717) is 15.9 Å². The van der Waals surface area contributed by atoms with E-state index in [-0.39, 0.29) is 29.8 Å². The summed E-state index contributed by atoms with van der Waals surface area (Å²) in [6.45, 7) is -0.723. The number of pyridine rings is 1. The largest absolute Gasteiger partial charge is 0.433 e. The molecule has 198 valence electrons. The van der Waals surface area contributed by atoms with Gasteiger partial charge in [0.05, 0.1) is 23.6 Å². The van der Waals surface area contributed by atoms with Crippen molar-refractivity contribution in [3.8, 4) is 0 Å². The molecule has 0 spiro atoms. The molecule has 0 aliphatic heterocycles. The predicted octanol–water partition coefficient (Wildman–Crippen LogP) is 3.79. The van der Waals surface area contributed by atoms with Gasteiger partial charge in [-0.25, -0.2) is 8.78 Å². The number of hydrogen-bond donors (Lipinski definition) is 4. The molecular formula is C23H20BrF7N5O+. The molecule has 14 heteroatoms. The molecular weight excluding hydrogens is 575 g/mol. The maximum atomic E-state index is 14.7. The van der Waals surface area contributed by atoms with Crippen LogP contribution < -0.4 is 16.4 Å². The Balaban J connectivity index is 1.56. The number of quaternary nitrogens is 1. The zero-order chi connectivity index (χ0) is 27.3. The van der Waals surface area contributed by atoms with Crippen LogP contribution in [0.15, 0.2) is 46.2 Å². The minimum atomic E-state index is -5.11. The number of carbonyl (C=O) groups is 1. The second-order valence-electron chi connectivity index (χ2n) is 8.92. The lowest BCUT2D eigenvalue weighted by Gasteiger charge is -2.21. The van der Waals surface area contributed by atoms with Gasteiger partial charge in [0.2, 0.25) is 0 Å². The normalized spacial score (nSPS) is 21.0. The summed E-state index contributed by atoms with van der Waals surface area (Å²) < 4.78 is 96.6. The van der Waals surface area contributed by atoms with Crippen LogP contribution in [0.3, 0.4) is 0 Å². The molecule has 6 N–H and O–H groups in total. The number of aromatic nitrogens is 1. The molecule has 1 heterocycles. The fourth-order valence-electron chi connectivity index (χ4n) is 4.56. The highest BCUT2D eigenvalue weighted by molar-refractivity contribution is 9.10. The zero-order valence-corrected chi connectivity index (χ0v) is 20.4. The number of hydrogen-bond acceptors (Lipinski definition) is 4. The number of amides is 1. The number of anilines is 1. The number of alkyl halides is 5. The van der Waals surface area contributed by atoms with E-state index in [1.54, 1.807) is 0 Å². The van der Waals surface area contributed by atoms with Crippen molar-refractivity contribution >= 4 is 33.2 Å². The van der Waals surface area contributed by atoms with E-state index in [0.717, 1.165) is 12.1 Å². The van der Waals surface area contributed by atoms with Gasteiger partial charge in [-0.1, -0.05) is 0 Å². The molecule has 1 amide bonds. The summed E-state index contributed by atoms with van der Waals surface area (Å²) in [5.74, 6) is -8.57. The van der Waals surface area contributed by atoms with Crippen molar-refractivity contribution in [3.63, 3.8) is 0 Å². The van der Waals surface area contributed by atoms with Gasteiger partial charge in [0, 0.05) is 27.9 Å². The molecule has 1 aromatic heterocycles. The van der Waals surface area contributed by atoms with Crippen LogP contribution in [0.25, 0.3) is 0 Å². The van der Waals surface area contributed by atoms with Crippen LogP contribution in [0.4, 0.5) is 36.4 Å². The van der Waals surface area contributed by atoms with E-state index in [2.05, 4.69) is 26.2 Å². The van der Waals surface area contributed by atoms with E-state index in [1.807, 2.05) is 0 Å². The van der Waals surface area contributed by atoms with Gasteiger partial charge < -0.3 is 16.4 Å². The number of allylic oxidation sites excluding steroid dienone is 2. The lowest BCUT2D eigenvalue weighted by Crippen LogP contribution is -2.87. The molecule has 0 bridgehead atoms. The summed E-state index contributed by atoms with van der Waals surface area (Å²) in [6, 6.07) is 3.23. The highest BCUT2D eigenvalue weighted by atomic mass is 79.9. The standard InChI is InChI=1S/C23H19BrF7N5O/c24-15-5-12(32)7-34-19(15)16(3-9-1-10(25)4-11(26)2-9)36-17(37)8-35-21-18(20(33)23(29,30)31)13-6-14(13)22(21,27)28/h1-2,4-5,7,13-14,16,33,35H,3,6,8,32H2,(H,36,37)/p+1. The van der Waals surface area contributed by atoms with Gasteiger partial charge in [-0.05, 0) is 52.5 Å². The van der Waals surface area contributed by atoms with Crippen LogP contribution in [-0.2, 0) is 11.2 Å². The topological polar surface area (TPSA) is 108 Å². The zero-order valence-electron chi connectivity index (χ0n) is 18.8. The first-order valence-corrected chi connectivity index (χ1v) is 11.7. The third-order valence-electron chi connectivity index (χ3n) is 6.24. The number of rotatable bonds is 8. The number of benzene rings is 1. The third-order valence-corrected chi connectivity index (χ3v) is 6.87. The highest BCUT2D eigenvalue weighted by Gasteiger charge is 2.69. The molecule has 0 saturated heterocycles. The molecule has 1 aromatic carbocycles. The minimum absolute atomic E-state index is 0.150. The van der Waals surface area contributed by atoms with Gasteiger partial charge in [-0.2, -0.15) is 22.0 Å². The molecule has 3 atom stereocenters. The van der Waals surface area contributed by atoms with Crippen molar-refractivity contribution in [2.45, 2.75) is 31.0 Å². The SMILES string of the molecule is N=C(C1=C([NH2+]CC(=O)NC(Cc2cc(F)cc(F)c2)c2ncc(N)cc2Br)C(F)(F)C2CC12)C(F)(F)F. The third kappa shape index (κ3) is 5.64. The van der Waals surface area contributed by atoms with E-state index in [4.69, 9.17) is 11.1 Å². The molecule has 6 nitrogen and oxygen atoms in total. The lowest BCUT2D eigenvalue weighted by atomic mass is 10.0. The second kappa shape index (κ2) is 9.71. The lowest BCUT2D eigenvalue weighted by molar-refractivity contribution is -0.609. The summed E-state index contributed by atoms with van der Waals surface area (Å²) in [7, 11) is 0. The average molecular weight is 595 g/mol. The molecule has 2 aliphatic rings. The van der Waals surface area contributed by atoms with Gasteiger partial charge in [0.15, 0.2) is 12.2 Å². The summed E-state index contributed by atoms with van der Waals surface area (Å²) in [6.07, 6.45) is -4.14. The van der Waals surface area contributed by atoms with Crippen LogP contribution in [-0.4, -0.2) is 35.2 Å². The Bertz CT molecular complexity index is 1280. The monoisotopic (exact) mass is 594 g/mol. The number of nitrogens with zero attached hydrogens (tertiary/aromatic N) is 1. The molecule has 2 aromatic rings. The van der Waals surface area contributed by atoms with Gasteiger partial charge in [0.1, 0.15) is 17.3 Å². The Morgan fingerprint density at radius 2 is 1.89 bits per heavy atom. The highest BCUT2D eigenvalue weighted by Crippen LogP contribution is 2.62. The van der Waals surface area contributed by atoms with Crippen molar-refractivity contribution in [1.29, 1.82) is 5.41 Å². The first kappa shape index (κ1) is 27.0. The number of carbonyl (C=O) groups excluding carboxylic acids is 1. The van der Waals surface area contributed by atoms with Crippen LogP contribution >= 0.6 is 15.9 Å². The van der Waals surface area contributed by atoms with E-state index >= 15 is 0 Å². The molecule has 37 heavy (non-hydrogen) atoms. The van der Waals surface area contributed by atoms with Gasteiger partial charge in [-0.3, -0.25) is 15.2 Å². The number of fused-ring (bicyclic) bond motifs is 1. The summed E-state index contributed by atoms with van der Waals surface area (Å²) in [4.78, 5) is 16.9. The van der Waals surface area contributed by atoms with Crippen LogP contribution in [0.5, 0.6) is 0 Å². The Kier molecular flexibility index (Phi) is 7.10. The minimum Gasteiger partial charge on any atom is -0.397 e. The quantitative estimate of drug-likeness (QED) is 0.276. The molecule has 1 fully saturated rings. The van der Waals surface area contributed by atoms with Crippen LogP contribution in [0.1, 0.15) is 23.7 Å². The predicted molar refractivity (Wildman–Crippen MR) is 121 cm³/mol. The van der Waals surface area contributed by atoms with Crippen LogP contribution in [0, 0.1) is 28.9 Å². The van der Waals surface area contributed by atoms with E-state index < -0.39 is 71.0 Å². The van der Waals surface area contributed by atoms with E-state index in [9.17, 15) is 35.5 Å². The van der Waals surface area contributed by atoms with Crippen molar-refractivity contribution in [3.05, 3.63) is 69.1 Å². The van der Waals surface area contributed by atoms with Gasteiger partial charge in [0.25, 0.3) is 5.91 Å². The fraction of sp³-hybridized carbons (Fsp3) is 0.348. The first-order valence-electron chi connectivity index (χ1n) is 11.0. The first-order chi connectivity index (χ1) is 17.2. The molecule has 4 rings (SSSR count). The fourth-order valence-corrected chi connectivity index (χ4v) is 5.20. The van der Waals surface area contributed by atoms with Gasteiger partial charge >= 0.3 is 12.1 Å². The maximum absolute atomic E-state index is 14.7. The Morgan fingerprint density at radius 3 is 2.49 bits per heavy atom. The smallest absolute Gasteiger partial charge is 0.397 e. The summed E-state index contributed by atoms with van der Waals surface area (Å²) in [5, 5.41) is 10.6. The van der Waals surface area contributed by atoms with Crippen molar-refractivity contribution < 1.29 is 40.8 Å². The van der Waals surface area contributed by atoms with Crippen molar-refractivity contribution in [2.75, 3.05) is 12.3 Å². The maximum Gasteiger partial charge on any atom is 0.433 e. The van der Waals surface area contributed by atoms with Crippen molar-refractivity contribution in [1.82, 2.24) is 10.3 Å².